The number of unbranched alkanes of at least 4 members (excludes halogenated alkanes) is 4. The largest absolute Gasteiger partial charge is 0.481 e. The molecule has 1 aromatic heterocycles. The Kier molecular flexibility index (Phi) is 10.2. The summed E-state index contributed by atoms with van der Waals surface area (Å²) >= 11 is 5.87. The van der Waals surface area contributed by atoms with Crippen molar-refractivity contribution in [3.63, 3.8) is 0 Å². The average Bonchev–Trinajstić information content (AvgIpc) is 2.53. The third-order valence-corrected chi connectivity index (χ3v) is 3.48. The molecule has 0 radical (unpaired) electrons. The first-order valence-electron chi connectivity index (χ1n) is 8.30. The van der Waals surface area contributed by atoms with Crippen LogP contribution in [0.2, 0.25) is 5.28 Å². The first kappa shape index (κ1) is 20.9. The van der Waals surface area contributed by atoms with Crippen LogP contribution in [-0.2, 0) is 9.59 Å². The van der Waals surface area contributed by atoms with Gasteiger partial charge in [-0.3, -0.25) is 9.59 Å². The molecule has 0 bridgehead atoms. The molecule has 0 unspecified atom stereocenters. The summed E-state index contributed by atoms with van der Waals surface area (Å²) in [6.07, 6.45) is 4.87. The summed E-state index contributed by atoms with van der Waals surface area (Å²) in [5.74, 6) is -0.829. The maximum atomic E-state index is 10.4. The van der Waals surface area contributed by atoms with Crippen LogP contribution in [0.15, 0.2) is 0 Å². The number of aromatic nitrogens is 3. The summed E-state index contributed by atoms with van der Waals surface area (Å²) in [6.45, 7) is 1.24. The van der Waals surface area contributed by atoms with E-state index in [1.165, 1.54) is 0 Å². The third kappa shape index (κ3) is 11.1. The first-order valence-corrected chi connectivity index (χ1v) is 8.68. The summed E-state index contributed by atoms with van der Waals surface area (Å²) in [4.78, 5) is 33.0. The molecule has 0 aliphatic rings. The van der Waals surface area contributed by atoms with Crippen molar-refractivity contribution in [2.75, 3.05) is 23.7 Å². The number of carbonyl (C=O) groups is 2. The number of hydrogen-bond donors (Lipinski definition) is 4. The Morgan fingerprint density at radius 1 is 0.760 bits per heavy atom. The SMILES string of the molecule is O=C(O)CCCCCNc1nc(Cl)nc(NCCCCCC(=O)O)n1. The van der Waals surface area contributed by atoms with Gasteiger partial charge in [0.05, 0.1) is 0 Å². The maximum absolute atomic E-state index is 10.4. The van der Waals surface area contributed by atoms with Crippen LogP contribution in [0.5, 0.6) is 0 Å². The van der Waals surface area contributed by atoms with Crippen LogP contribution in [0.1, 0.15) is 51.4 Å². The summed E-state index contributed by atoms with van der Waals surface area (Å²) in [6, 6.07) is 0. The van der Waals surface area contributed by atoms with Gasteiger partial charge in [-0.25, -0.2) is 0 Å². The standard InChI is InChI=1S/C15H24ClN5O4/c16-13-19-14(17-9-5-1-3-7-11(22)23)21-15(20-13)18-10-6-2-4-8-12(24)25/h1-10H2,(H,22,23)(H,24,25)(H2,17,18,19,20,21). The van der Waals surface area contributed by atoms with Crippen molar-refractivity contribution in [3.8, 4) is 0 Å². The quantitative estimate of drug-likeness (QED) is 0.362. The second kappa shape index (κ2) is 12.2. The minimum absolute atomic E-state index is 0.0803. The van der Waals surface area contributed by atoms with E-state index >= 15 is 0 Å². The van der Waals surface area contributed by atoms with Crippen LogP contribution in [0, 0.1) is 0 Å². The third-order valence-electron chi connectivity index (χ3n) is 3.31. The molecule has 140 valence electrons. The normalized spacial score (nSPS) is 10.4. The molecule has 0 aliphatic heterocycles. The number of rotatable bonds is 14. The van der Waals surface area contributed by atoms with E-state index in [4.69, 9.17) is 21.8 Å². The van der Waals surface area contributed by atoms with Crippen molar-refractivity contribution in [1.29, 1.82) is 0 Å². The molecule has 4 N–H and O–H groups in total. The average molecular weight is 374 g/mol. The molecule has 10 heteroatoms. The molecule has 0 saturated carbocycles. The molecule has 25 heavy (non-hydrogen) atoms. The number of carboxylic acids is 2. The predicted octanol–water partition coefficient (Wildman–Crippen LogP) is 2.64. The summed E-state index contributed by atoms with van der Waals surface area (Å²) in [7, 11) is 0. The van der Waals surface area contributed by atoms with Gasteiger partial charge < -0.3 is 20.8 Å². The highest BCUT2D eigenvalue weighted by Gasteiger charge is 2.05. The number of halogens is 1. The Bertz CT molecular complexity index is 514. The molecule has 0 fully saturated rings. The number of aliphatic carboxylic acids is 2. The van der Waals surface area contributed by atoms with Crippen molar-refractivity contribution in [1.82, 2.24) is 15.0 Å². The van der Waals surface area contributed by atoms with Gasteiger partial charge in [-0.1, -0.05) is 12.8 Å². The lowest BCUT2D eigenvalue weighted by atomic mass is 10.2. The zero-order chi connectivity index (χ0) is 18.5. The van der Waals surface area contributed by atoms with Gasteiger partial charge in [-0.05, 0) is 37.3 Å². The molecule has 0 amide bonds. The van der Waals surface area contributed by atoms with Crippen LogP contribution in [0.4, 0.5) is 11.9 Å². The minimum atomic E-state index is -0.782. The molecule has 1 rings (SSSR count). The Labute approximate surface area is 151 Å². The number of anilines is 2. The zero-order valence-electron chi connectivity index (χ0n) is 14.0. The van der Waals surface area contributed by atoms with Crippen molar-refractivity contribution < 1.29 is 19.8 Å². The lowest BCUT2D eigenvalue weighted by Crippen LogP contribution is -2.11. The van der Waals surface area contributed by atoms with Gasteiger partial charge >= 0.3 is 11.9 Å². The molecule has 0 saturated heterocycles. The van der Waals surface area contributed by atoms with Crippen LogP contribution < -0.4 is 10.6 Å². The number of nitrogens with zero attached hydrogens (tertiary/aromatic N) is 3. The second-order valence-electron chi connectivity index (χ2n) is 5.51. The van der Waals surface area contributed by atoms with E-state index in [-0.39, 0.29) is 18.1 Å². The lowest BCUT2D eigenvalue weighted by Gasteiger charge is -2.08. The predicted molar refractivity (Wildman–Crippen MR) is 94.0 cm³/mol. The summed E-state index contributed by atoms with van der Waals surface area (Å²) < 4.78 is 0. The van der Waals surface area contributed by atoms with E-state index in [1.54, 1.807) is 0 Å². The van der Waals surface area contributed by atoms with Crippen LogP contribution >= 0.6 is 11.6 Å². The molecule has 1 heterocycles. The fraction of sp³-hybridized carbons (Fsp3) is 0.667. The Balaban J connectivity index is 2.25. The van der Waals surface area contributed by atoms with Crippen molar-refractivity contribution in [2.24, 2.45) is 0 Å². The summed E-state index contributed by atoms with van der Waals surface area (Å²) in [5, 5.41) is 23.3. The Hall–Kier alpha value is -2.16. The molecule has 0 atom stereocenters. The lowest BCUT2D eigenvalue weighted by molar-refractivity contribution is -0.138. The molecule has 0 aromatic carbocycles. The number of carboxylic acid groups (broad SMARTS) is 2. The maximum Gasteiger partial charge on any atom is 0.303 e. The fourth-order valence-electron chi connectivity index (χ4n) is 2.06. The fourth-order valence-corrected chi connectivity index (χ4v) is 2.22. The first-order chi connectivity index (χ1) is 12.0. The topological polar surface area (TPSA) is 137 Å². The van der Waals surface area contributed by atoms with Crippen LogP contribution in [0.25, 0.3) is 0 Å². The van der Waals surface area contributed by atoms with E-state index in [2.05, 4.69) is 25.6 Å². The van der Waals surface area contributed by atoms with Gasteiger partial charge in [0.25, 0.3) is 0 Å². The molecule has 0 aliphatic carbocycles. The molecular formula is C15H24ClN5O4. The molecule has 9 nitrogen and oxygen atoms in total. The van der Waals surface area contributed by atoms with Crippen molar-refractivity contribution >= 4 is 35.4 Å². The number of nitrogens with one attached hydrogen (secondary N) is 2. The monoisotopic (exact) mass is 373 g/mol. The van der Waals surface area contributed by atoms with Crippen molar-refractivity contribution in [2.45, 2.75) is 51.4 Å². The van der Waals surface area contributed by atoms with E-state index in [0.29, 0.717) is 37.8 Å². The van der Waals surface area contributed by atoms with E-state index in [9.17, 15) is 9.59 Å². The minimum Gasteiger partial charge on any atom is -0.481 e. The molecule has 1 aromatic rings. The van der Waals surface area contributed by atoms with Gasteiger partial charge in [0, 0.05) is 25.9 Å². The van der Waals surface area contributed by atoms with E-state index in [1.807, 2.05) is 0 Å². The van der Waals surface area contributed by atoms with E-state index < -0.39 is 11.9 Å². The second-order valence-corrected chi connectivity index (χ2v) is 5.85. The van der Waals surface area contributed by atoms with Crippen LogP contribution in [0.3, 0.4) is 0 Å². The van der Waals surface area contributed by atoms with Crippen molar-refractivity contribution in [3.05, 3.63) is 5.28 Å². The van der Waals surface area contributed by atoms with Gasteiger partial charge in [-0.2, -0.15) is 15.0 Å². The summed E-state index contributed by atoms with van der Waals surface area (Å²) in [5.41, 5.74) is 0. The molecule has 0 spiro atoms. The van der Waals surface area contributed by atoms with Crippen LogP contribution in [-0.4, -0.2) is 50.2 Å². The van der Waals surface area contributed by atoms with Gasteiger partial charge in [0.1, 0.15) is 0 Å². The highest BCUT2D eigenvalue weighted by atomic mass is 35.5. The smallest absolute Gasteiger partial charge is 0.303 e. The van der Waals surface area contributed by atoms with Gasteiger partial charge in [0.15, 0.2) is 0 Å². The van der Waals surface area contributed by atoms with Gasteiger partial charge in [-0.15, -0.1) is 0 Å². The van der Waals surface area contributed by atoms with E-state index in [0.717, 1.165) is 25.7 Å². The van der Waals surface area contributed by atoms with Gasteiger partial charge in [0.2, 0.25) is 17.2 Å². The Morgan fingerprint density at radius 2 is 1.20 bits per heavy atom. The highest BCUT2D eigenvalue weighted by Crippen LogP contribution is 2.10. The highest BCUT2D eigenvalue weighted by molar-refractivity contribution is 6.28. The Morgan fingerprint density at radius 3 is 1.60 bits per heavy atom. The number of hydrogen-bond acceptors (Lipinski definition) is 7. The molecular weight excluding hydrogens is 350 g/mol. The zero-order valence-corrected chi connectivity index (χ0v) is 14.8.